The molecule has 0 aliphatic carbocycles. The van der Waals surface area contributed by atoms with Crippen molar-refractivity contribution in [3.63, 3.8) is 0 Å². The first-order valence-electron chi connectivity index (χ1n) is 5.67. The first-order valence-corrected chi connectivity index (χ1v) is 8.87. The molecular formula is C12H13NO4S3. The van der Waals surface area contributed by atoms with E-state index in [4.69, 9.17) is 5.11 Å². The zero-order valence-electron chi connectivity index (χ0n) is 10.8. The van der Waals surface area contributed by atoms with Crippen LogP contribution >= 0.6 is 22.7 Å². The fourth-order valence-electron chi connectivity index (χ4n) is 1.65. The second-order valence-corrected chi connectivity index (χ2v) is 8.05. The summed E-state index contributed by atoms with van der Waals surface area (Å²) in [7, 11) is -2.19. The molecule has 20 heavy (non-hydrogen) atoms. The van der Waals surface area contributed by atoms with Gasteiger partial charge in [-0.1, -0.05) is 6.07 Å². The summed E-state index contributed by atoms with van der Waals surface area (Å²) < 4.78 is 26.2. The van der Waals surface area contributed by atoms with Gasteiger partial charge in [0.1, 0.15) is 4.88 Å². The summed E-state index contributed by atoms with van der Waals surface area (Å²) in [5.74, 6) is -1.12. The number of sulfonamides is 1. The molecule has 0 aromatic carbocycles. The lowest BCUT2D eigenvalue weighted by molar-refractivity contribution is 0.0702. The van der Waals surface area contributed by atoms with Crippen molar-refractivity contribution in [3.05, 3.63) is 38.7 Å². The van der Waals surface area contributed by atoms with Gasteiger partial charge in [0.25, 0.3) is 0 Å². The Balaban J connectivity index is 2.31. The third kappa shape index (κ3) is 2.78. The van der Waals surface area contributed by atoms with Crippen molar-refractivity contribution in [2.24, 2.45) is 0 Å². The number of carboxylic acids is 1. The zero-order valence-corrected chi connectivity index (χ0v) is 13.3. The summed E-state index contributed by atoms with van der Waals surface area (Å²) in [6.45, 7) is 1.80. The van der Waals surface area contributed by atoms with E-state index in [2.05, 4.69) is 0 Å². The molecule has 0 saturated carbocycles. The van der Waals surface area contributed by atoms with Crippen LogP contribution in [0.5, 0.6) is 0 Å². The number of thiophene rings is 2. The summed E-state index contributed by atoms with van der Waals surface area (Å²) in [5.41, 5.74) is 0. The van der Waals surface area contributed by atoms with Crippen LogP contribution in [0.25, 0.3) is 0 Å². The van der Waals surface area contributed by atoms with Crippen LogP contribution in [0.4, 0.5) is 0 Å². The Morgan fingerprint density at radius 3 is 2.60 bits per heavy atom. The normalized spacial score (nSPS) is 13.6. The molecule has 2 rings (SSSR count). The van der Waals surface area contributed by atoms with Gasteiger partial charge in [0.15, 0.2) is 0 Å². The molecule has 2 heterocycles. The van der Waals surface area contributed by atoms with Gasteiger partial charge in [0, 0.05) is 17.3 Å². The lowest BCUT2D eigenvalue weighted by Crippen LogP contribution is -2.29. The van der Waals surface area contributed by atoms with Crippen LogP contribution in [-0.2, 0) is 10.0 Å². The Hall–Kier alpha value is -1.22. The van der Waals surface area contributed by atoms with E-state index in [-0.39, 0.29) is 15.8 Å². The summed E-state index contributed by atoms with van der Waals surface area (Å²) in [4.78, 5) is 11.8. The lowest BCUT2D eigenvalue weighted by Gasteiger charge is -2.22. The molecule has 0 saturated heterocycles. The Labute approximate surface area is 125 Å². The molecule has 0 aliphatic rings. The van der Waals surface area contributed by atoms with Crippen molar-refractivity contribution in [3.8, 4) is 0 Å². The maximum absolute atomic E-state index is 12.4. The molecule has 0 amide bonds. The van der Waals surface area contributed by atoms with Gasteiger partial charge in [-0.2, -0.15) is 4.31 Å². The van der Waals surface area contributed by atoms with Gasteiger partial charge in [-0.15, -0.1) is 22.7 Å². The minimum Gasteiger partial charge on any atom is -0.477 e. The van der Waals surface area contributed by atoms with E-state index >= 15 is 0 Å². The number of carbonyl (C=O) groups is 1. The van der Waals surface area contributed by atoms with E-state index in [1.54, 1.807) is 6.92 Å². The van der Waals surface area contributed by atoms with Crippen molar-refractivity contribution in [2.45, 2.75) is 17.9 Å². The zero-order chi connectivity index (χ0) is 14.9. The molecule has 8 heteroatoms. The molecule has 2 aromatic rings. The molecule has 1 N–H and O–H groups in total. The summed E-state index contributed by atoms with van der Waals surface area (Å²) >= 11 is 2.39. The minimum absolute atomic E-state index is 0.0146. The predicted octanol–water partition coefficient (Wildman–Crippen LogP) is 2.89. The average molecular weight is 331 g/mol. The van der Waals surface area contributed by atoms with Crippen LogP contribution in [0.2, 0.25) is 0 Å². The predicted molar refractivity (Wildman–Crippen MR) is 79.0 cm³/mol. The molecule has 2 aromatic heterocycles. The molecule has 0 spiro atoms. The average Bonchev–Trinajstić information content (AvgIpc) is 3.07. The third-order valence-electron chi connectivity index (χ3n) is 2.96. The molecule has 5 nitrogen and oxygen atoms in total. The van der Waals surface area contributed by atoms with E-state index in [1.165, 1.54) is 34.1 Å². The van der Waals surface area contributed by atoms with Crippen LogP contribution in [-0.4, -0.2) is 30.8 Å². The third-order valence-corrected chi connectivity index (χ3v) is 6.98. The number of carboxylic acid groups (broad SMARTS) is 1. The number of aromatic carboxylic acids is 1. The number of hydrogen-bond acceptors (Lipinski definition) is 5. The van der Waals surface area contributed by atoms with Crippen LogP contribution in [0, 0.1) is 0 Å². The maximum atomic E-state index is 12.4. The Bertz CT molecular complexity index is 703. The Kier molecular flexibility index (Phi) is 4.28. The van der Waals surface area contributed by atoms with E-state index in [0.717, 1.165) is 16.2 Å². The molecular weight excluding hydrogens is 318 g/mol. The quantitative estimate of drug-likeness (QED) is 0.914. The maximum Gasteiger partial charge on any atom is 0.345 e. The van der Waals surface area contributed by atoms with E-state index in [0.29, 0.717) is 0 Å². The van der Waals surface area contributed by atoms with Crippen molar-refractivity contribution in [1.82, 2.24) is 4.31 Å². The van der Waals surface area contributed by atoms with Crippen molar-refractivity contribution in [1.29, 1.82) is 0 Å². The summed E-state index contributed by atoms with van der Waals surface area (Å²) in [6, 6.07) is 4.63. The topological polar surface area (TPSA) is 74.7 Å². The number of hydrogen-bond donors (Lipinski definition) is 1. The highest BCUT2D eigenvalue weighted by Gasteiger charge is 2.28. The lowest BCUT2D eigenvalue weighted by atomic mass is 10.3. The smallest absolute Gasteiger partial charge is 0.345 e. The van der Waals surface area contributed by atoms with E-state index in [9.17, 15) is 13.2 Å². The van der Waals surface area contributed by atoms with Gasteiger partial charge >= 0.3 is 5.97 Å². The van der Waals surface area contributed by atoms with Crippen LogP contribution in [0.3, 0.4) is 0 Å². The minimum atomic E-state index is -3.69. The molecule has 0 fully saturated rings. The molecule has 1 atom stereocenters. The van der Waals surface area contributed by atoms with Gasteiger partial charge in [-0.05, 0) is 24.4 Å². The standard InChI is InChI=1S/C12H13NO4S3/c1-8(10-4-3-5-18-10)13(2)20(16,17)9-6-11(12(14)15)19-7-9/h3-8H,1-2H3,(H,14,15). The number of rotatable bonds is 5. The molecule has 108 valence electrons. The second-order valence-electron chi connectivity index (χ2n) is 4.16. The van der Waals surface area contributed by atoms with Crippen molar-refractivity contribution >= 4 is 38.7 Å². The van der Waals surface area contributed by atoms with Gasteiger partial charge < -0.3 is 5.11 Å². The fourth-order valence-corrected chi connectivity index (χ4v) is 4.98. The second kappa shape index (κ2) is 5.65. The van der Waals surface area contributed by atoms with Gasteiger partial charge in [0.2, 0.25) is 10.0 Å². The molecule has 0 radical (unpaired) electrons. The van der Waals surface area contributed by atoms with Crippen LogP contribution in [0.15, 0.2) is 33.9 Å². The highest BCUT2D eigenvalue weighted by molar-refractivity contribution is 7.89. The van der Waals surface area contributed by atoms with Crippen LogP contribution in [0.1, 0.15) is 27.5 Å². The van der Waals surface area contributed by atoms with E-state index < -0.39 is 16.0 Å². The number of nitrogens with zero attached hydrogens (tertiary/aromatic N) is 1. The van der Waals surface area contributed by atoms with Crippen molar-refractivity contribution < 1.29 is 18.3 Å². The largest absolute Gasteiger partial charge is 0.477 e. The van der Waals surface area contributed by atoms with Crippen LogP contribution < -0.4 is 0 Å². The SMILES string of the molecule is CC(c1cccs1)N(C)S(=O)(=O)c1csc(C(=O)O)c1. The van der Waals surface area contributed by atoms with Gasteiger partial charge in [-0.25, -0.2) is 13.2 Å². The van der Waals surface area contributed by atoms with E-state index in [1.807, 2.05) is 17.5 Å². The van der Waals surface area contributed by atoms with Crippen molar-refractivity contribution in [2.75, 3.05) is 7.05 Å². The molecule has 0 bridgehead atoms. The fraction of sp³-hybridized carbons (Fsp3) is 0.250. The summed E-state index contributed by atoms with van der Waals surface area (Å²) in [5, 5.41) is 12.1. The Morgan fingerprint density at radius 2 is 2.10 bits per heavy atom. The first kappa shape index (κ1) is 15.2. The molecule has 1 unspecified atom stereocenters. The summed E-state index contributed by atoms with van der Waals surface area (Å²) in [6.07, 6.45) is 0. The Morgan fingerprint density at radius 1 is 1.40 bits per heavy atom. The van der Waals surface area contributed by atoms with Gasteiger partial charge in [0.05, 0.1) is 10.9 Å². The van der Waals surface area contributed by atoms with Gasteiger partial charge in [-0.3, -0.25) is 0 Å². The molecule has 0 aliphatic heterocycles. The highest BCUT2D eigenvalue weighted by Crippen LogP contribution is 2.30. The monoisotopic (exact) mass is 331 g/mol. The first-order chi connectivity index (χ1) is 9.34. The highest BCUT2D eigenvalue weighted by atomic mass is 32.2.